The number of aryl methyl sites for hydroxylation is 2. The van der Waals surface area contributed by atoms with Crippen molar-refractivity contribution in [3.05, 3.63) is 95.9 Å². The van der Waals surface area contributed by atoms with Crippen molar-refractivity contribution >= 4 is 49.0 Å². The number of allylic oxidation sites excluding steroid dienone is 2. The number of pyridine rings is 2. The van der Waals surface area contributed by atoms with Gasteiger partial charge in [0, 0.05) is 59.8 Å². The Morgan fingerprint density at radius 3 is 2.31 bits per heavy atom. The number of carbonyl (C=O) groups excluding carboxylic acids is 1. The first-order chi connectivity index (χ1) is 20.7. The van der Waals surface area contributed by atoms with E-state index in [1.165, 1.54) is 33.2 Å². The maximum Gasteiger partial charge on any atom is 0.164 e. The van der Waals surface area contributed by atoms with E-state index < -0.39 is 5.41 Å². The molecule has 4 aromatic carbocycles. The Bertz CT molecular complexity index is 2170. The minimum absolute atomic E-state index is 0. The number of benzene rings is 4. The Kier molecular flexibility index (Phi) is 8.37. The monoisotopic (exact) mass is 774 g/mol. The van der Waals surface area contributed by atoms with Gasteiger partial charge in [-0.1, -0.05) is 101 Å². The molecule has 1 radical (unpaired) electrons. The molecule has 6 heteroatoms. The fourth-order valence-electron chi connectivity index (χ4n) is 5.38. The number of hydrogen-bond acceptors (Lipinski definition) is 5. The van der Waals surface area contributed by atoms with Crippen molar-refractivity contribution in [1.29, 1.82) is 0 Å². The Hall–Kier alpha value is -4.12. The van der Waals surface area contributed by atoms with Gasteiger partial charge in [-0.15, -0.1) is 12.1 Å². The van der Waals surface area contributed by atoms with Crippen molar-refractivity contribution in [2.45, 2.75) is 55.4 Å². The van der Waals surface area contributed by atoms with Gasteiger partial charge >= 0.3 is 0 Å². The molecule has 0 fully saturated rings. The van der Waals surface area contributed by atoms with E-state index in [0.717, 1.165) is 44.2 Å². The largest absolute Gasteiger partial charge is 0.512 e. The Labute approximate surface area is 277 Å². The van der Waals surface area contributed by atoms with Crippen LogP contribution in [-0.2, 0) is 24.9 Å². The van der Waals surface area contributed by atoms with E-state index in [-0.39, 0.29) is 37.1 Å². The molecule has 0 saturated carbocycles. The van der Waals surface area contributed by atoms with Gasteiger partial charge in [0.1, 0.15) is 11.5 Å². The number of hydrogen-bond donors (Lipinski definition) is 1. The topological polar surface area (TPSA) is 72.3 Å². The van der Waals surface area contributed by atoms with Gasteiger partial charge < -0.3 is 9.84 Å². The standard InChI is InChI=1S/C28H17N2O.C11H20O2.Ir/c1-15-7-8-18-13-23-27-25-21(11-12-29-27)20-10-9-17-5-3-4-6-19(17)22(20)14-24(25)31-28(23)30-26(18)16(15)2;1-10(2,3)8(12)7-9(13)11(4,5)6;/h3-12,14H,1-2H3;7,12H,1-6H3;/q-1;;/b;8-7-;. The zero-order valence-corrected chi connectivity index (χ0v) is 29.3. The summed E-state index contributed by atoms with van der Waals surface area (Å²) >= 11 is 0. The van der Waals surface area contributed by atoms with Crippen LogP contribution in [0.15, 0.2) is 78.7 Å². The molecule has 0 bridgehead atoms. The van der Waals surface area contributed by atoms with Crippen LogP contribution in [0, 0.1) is 30.7 Å². The summed E-state index contributed by atoms with van der Waals surface area (Å²) < 4.78 is 6.43. The van der Waals surface area contributed by atoms with Crippen LogP contribution >= 0.6 is 0 Å². The molecular formula is C39H37IrN2O3-. The number of fused-ring (bicyclic) bond motifs is 7. The third kappa shape index (κ3) is 5.85. The van der Waals surface area contributed by atoms with Gasteiger partial charge in [0.2, 0.25) is 0 Å². The molecule has 7 rings (SSSR count). The van der Waals surface area contributed by atoms with E-state index in [2.05, 4.69) is 80.6 Å². The van der Waals surface area contributed by atoms with Gasteiger partial charge in [-0.25, -0.2) is 0 Å². The molecule has 3 heterocycles. The predicted molar refractivity (Wildman–Crippen MR) is 181 cm³/mol. The van der Waals surface area contributed by atoms with E-state index in [9.17, 15) is 9.90 Å². The third-order valence-electron chi connectivity index (χ3n) is 8.34. The van der Waals surface area contributed by atoms with Crippen molar-refractivity contribution in [3.8, 4) is 22.9 Å². The summed E-state index contributed by atoms with van der Waals surface area (Å²) in [4.78, 5) is 21.1. The minimum atomic E-state index is -0.417. The molecule has 1 aliphatic rings. The number of aliphatic hydroxyl groups is 1. The number of rotatable bonds is 1. The number of ether oxygens (including phenoxy) is 1. The molecule has 45 heavy (non-hydrogen) atoms. The van der Waals surface area contributed by atoms with Crippen molar-refractivity contribution in [3.63, 3.8) is 0 Å². The van der Waals surface area contributed by atoms with Crippen LogP contribution < -0.4 is 4.74 Å². The summed E-state index contributed by atoms with van der Waals surface area (Å²) in [5, 5.41) is 17.5. The van der Waals surface area contributed by atoms with E-state index >= 15 is 0 Å². The summed E-state index contributed by atoms with van der Waals surface area (Å²) in [6.45, 7) is 15.3. The second kappa shape index (κ2) is 11.7. The zero-order chi connectivity index (χ0) is 31.6. The van der Waals surface area contributed by atoms with Crippen LogP contribution in [0.2, 0.25) is 0 Å². The van der Waals surface area contributed by atoms with Gasteiger partial charge in [0.05, 0.1) is 0 Å². The minimum Gasteiger partial charge on any atom is -0.512 e. The molecule has 6 aromatic rings. The molecule has 0 spiro atoms. The summed E-state index contributed by atoms with van der Waals surface area (Å²) in [7, 11) is 0. The average Bonchev–Trinajstić information content (AvgIpc) is 2.98. The summed E-state index contributed by atoms with van der Waals surface area (Å²) in [6.07, 6.45) is 3.21. The van der Waals surface area contributed by atoms with Crippen LogP contribution in [0.4, 0.5) is 0 Å². The van der Waals surface area contributed by atoms with Crippen molar-refractivity contribution < 1.29 is 34.7 Å². The molecule has 5 nitrogen and oxygen atoms in total. The SMILES string of the molecule is CC(C)(C)C(=O)/C=C(\O)C(C)(C)C.Cc1ccc2[c-]c3c(nc2c1C)Oc1cc2c4ccccc4ccc2c2ccnc-3c12.[Ir]. The molecule has 0 atom stereocenters. The maximum atomic E-state index is 11.5. The quantitative estimate of drug-likeness (QED) is 0.0779. The maximum absolute atomic E-state index is 11.5. The number of aromatic nitrogens is 2. The van der Waals surface area contributed by atoms with Gasteiger partial charge in [-0.05, 0) is 58.5 Å². The molecular weight excluding hydrogens is 737 g/mol. The summed E-state index contributed by atoms with van der Waals surface area (Å²) in [6, 6.07) is 24.8. The van der Waals surface area contributed by atoms with Crippen LogP contribution in [0.25, 0.3) is 54.5 Å². The molecule has 231 valence electrons. The van der Waals surface area contributed by atoms with Gasteiger partial charge in [-0.2, -0.15) is 0 Å². The Balaban J connectivity index is 0.000000246. The van der Waals surface area contributed by atoms with Crippen LogP contribution in [0.3, 0.4) is 0 Å². The first kappa shape index (κ1) is 32.3. The average molecular weight is 774 g/mol. The Morgan fingerprint density at radius 1 is 0.867 bits per heavy atom. The van der Waals surface area contributed by atoms with Gasteiger partial charge in [0.25, 0.3) is 0 Å². The molecule has 0 amide bonds. The van der Waals surface area contributed by atoms with E-state index in [1.807, 2.05) is 47.7 Å². The van der Waals surface area contributed by atoms with Crippen molar-refractivity contribution in [1.82, 2.24) is 9.97 Å². The van der Waals surface area contributed by atoms with Crippen molar-refractivity contribution in [2.24, 2.45) is 10.8 Å². The zero-order valence-electron chi connectivity index (χ0n) is 26.9. The molecule has 0 unspecified atom stereocenters. The Morgan fingerprint density at radius 2 is 1.60 bits per heavy atom. The number of nitrogens with zero attached hydrogens (tertiary/aromatic N) is 2. The molecule has 2 aromatic heterocycles. The summed E-state index contributed by atoms with van der Waals surface area (Å²) in [5.41, 5.74) is 4.25. The van der Waals surface area contributed by atoms with Crippen LogP contribution in [-0.4, -0.2) is 20.9 Å². The summed E-state index contributed by atoms with van der Waals surface area (Å²) in [5.74, 6) is 1.49. The van der Waals surface area contributed by atoms with Crippen molar-refractivity contribution in [2.75, 3.05) is 0 Å². The molecule has 1 N–H and O–H groups in total. The second-order valence-corrected chi connectivity index (χ2v) is 13.7. The first-order valence-electron chi connectivity index (χ1n) is 14.9. The van der Waals surface area contributed by atoms with E-state index in [0.29, 0.717) is 5.88 Å². The van der Waals surface area contributed by atoms with Crippen LogP contribution in [0.5, 0.6) is 11.6 Å². The number of ketones is 1. The second-order valence-electron chi connectivity index (χ2n) is 13.7. The van der Waals surface area contributed by atoms with Gasteiger partial charge in [-0.3, -0.25) is 14.8 Å². The molecule has 1 aliphatic heterocycles. The first-order valence-corrected chi connectivity index (χ1v) is 14.9. The van der Waals surface area contributed by atoms with E-state index in [4.69, 9.17) is 14.7 Å². The van der Waals surface area contributed by atoms with E-state index in [1.54, 1.807) is 0 Å². The molecule has 0 aliphatic carbocycles. The van der Waals surface area contributed by atoms with Gasteiger partial charge in [0.15, 0.2) is 11.7 Å². The molecule has 0 saturated heterocycles. The van der Waals surface area contributed by atoms with Crippen LogP contribution in [0.1, 0.15) is 52.7 Å². The smallest absolute Gasteiger partial charge is 0.164 e. The number of aliphatic hydroxyl groups excluding tert-OH is 1. The normalized spacial score (nSPS) is 12.8. The number of carbonyl (C=O) groups is 1. The predicted octanol–water partition coefficient (Wildman–Crippen LogP) is 10.4. The third-order valence-corrected chi connectivity index (χ3v) is 8.34. The fraction of sp³-hybridized carbons (Fsp3) is 0.256. The fourth-order valence-corrected chi connectivity index (χ4v) is 5.38.